The zero-order valence-electron chi connectivity index (χ0n) is 14.9. The smallest absolute Gasteiger partial charge is 0.346 e. The quantitative estimate of drug-likeness (QED) is 0.649. The summed E-state index contributed by atoms with van der Waals surface area (Å²) < 4.78 is 5.38. The number of amides is 3. The molecule has 3 fully saturated rings. The van der Waals surface area contributed by atoms with Gasteiger partial charge in [-0.3, -0.25) is 4.79 Å². The van der Waals surface area contributed by atoms with Crippen molar-refractivity contribution in [3.05, 3.63) is 17.0 Å². The van der Waals surface area contributed by atoms with Crippen molar-refractivity contribution < 1.29 is 14.3 Å². The number of rotatable bonds is 3. The molecule has 3 heterocycles. The Morgan fingerprint density at radius 2 is 2.00 bits per heavy atom. The Morgan fingerprint density at radius 3 is 2.73 bits per heavy atom. The Balaban J connectivity index is 1.44. The summed E-state index contributed by atoms with van der Waals surface area (Å²) in [5.74, 6) is 0.392. The van der Waals surface area contributed by atoms with Gasteiger partial charge in [-0.2, -0.15) is 5.10 Å². The average molecular weight is 376 g/mol. The molecule has 0 bridgehead atoms. The minimum absolute atomic E-state index is 0.212. The number of thiophene rings is 1. The zero-order chi connectivity index (χ0) is 18.1. The Bertz CT molecular complexity index is 718. The van der Waals surface area contributed by atoms with E-state index in [1.807, 2.05) is 12.1 Å². The molecule has 1 aromatic rings. The van der Waals surface area contributed by atoms with Crippen LogP contribution in [0.1, 0.15) is 37.5 Å². The van der Waals surface area contributed by atoms with E-state index in [4.69, 9.17) is 4.74 Å². The second-order valence-electron chi connectivity index (χ2n) is 7.33. The second kappa shape index (κ2) is 7.00. The predicted molar refractivity (Wildman–Crippen MR) is 101 cm³/mol. The lowest BCUT2D eigenvalue weighted by molar-refractivity contribution is -0.132. The standard InChI is InChI=1S/C18H24N4O3S/c1-13-4-6-18(7-5-13)16(23)22(17(24)20-18)19-12-14-2-3-15(26-14)21-8-10-25-11-9-21/h2-3,12-13H,4-11H2,1H3,(H,20,24)/b19-12-. The number of hydrogen-bond acceptors (Lipinski definition) is 6. The molecule has 1 spiro atoms. The molecule has 2 aliphatic heterocycles. The van der Waals surface area contributed by atoms with Crippen LogP contribution in [0.4, 0.5) is 9.80 Å². The molecule has 1 aromatic heterocycles. The first-order valence-electron chi connectivity index (χ1n) is 9.21. The van der Waals surface area contributed by atoms with Crippen LogP contribution in [0, 0.1) is 5.92 Å². The maximum Gasteiger partial charge on any atom is 0.346 e. The monoisotopic (exact) mass is 376 g/mol. The van der Waals surface area contributed by atoms with Crippen LogP contribution in [0.2, 0.25) is 0 Å². The highest BCUT2D eigenvalue weighted by atomic mass is 32.1. The number of carbonyl (C=O) groups excluding carboxylic acids is 2. The average Bonchev–Trinajstić information content (AvgIpc) is 3.21. The van der Waals surface area contributed by atoms with Crippen molar-refractivity contribution >= 4 is 34.5 Å². The van der Waals surface area contributed by atoms with Crippen molar-refractivity contribution in [3.8, 4) is 0 Å². The molecule has 8 heteroatoms. The number of carbonyl (C=O) groups is 2. The Labute approximate surface area is 157 Å². The van der Waals surface area contributed by atoms with E-state index in [0.717, 1.165) is 54.0 Å². The molecule has 1 saturated carbocycles. The molecule has 2 saturated heterocycles. The van der Waals surface area contributed by atoms with Gasteiger partial charge in [0.15, 0.2) is 0 Å². The van der Waals surface area contributed by atoms with Gasteiger partial charge in [-0.05, 0) is 43.7 Å². The van der Waals surface area contributed by atoms with E-state index in [1.54, 1.807) is 17.6 Å². The highest BCUT2D eigenvalue weighted by Gasteiger charge is 2.52. The summed E-state index contributed by atoms with van der Waals surface area (Å²) in [6.07, 6.45) is 4.92. The molecule has 0 unspecified atom stereocenters. The Hall–Kier alpha value is -1.93. The lowest BCUT2D eigenvalue weighted by atomic mass is 9.77. The van der Waals surface area contributed by atoms with E-state index in [0.29, 0.717) is 18.8 Å². The zero-order valence-corrected chi connectivity index (χ0v) is 15.8. The van der Waals surface area contributed by atoms with Crippen molar-refractivity contribution in [3.63, 3.8) is 0 Å². The first-order chi connectivity index (χ1) is 12.6. The van der Waals surface area contributed by atoms with Gasteiger partial charge in [-0.15, -0.1) is 16.3 Å². The predicted octanol–water partition coefficient (Wildman–Crippen LogP) is 2.42. The number of ether oxygens (including phenoxy) is 1. The van der Waals surface area contributed by atoms with Gasteiger partial charge >= 0.3 is 6.03 Å². The summed E-state index contributed by atoms with van der Waals surface area (Å²) >= 11 is 1.60. The highest BCUT2D eigenvalue weighted by molar-refractivity contribution is 7.17. The molecule has 26 heavy (non-hydrogen) atoms. The van der Waals surface area contributed by atoms with Gasteiger partial charge in [0.05, 0.1) is 24.4 Å². The Kier molecular flexibility index (Phi) is 4.71. The molecule has 3 aliphatic rings. The number of anilines is 1. The SMILES string of the molecule is CC1CCC2(CC1)NC(=O)N(/N=C\c1ccc(N3CCOCC3)s1)C2=O. The van der Waals surface area contributed by atoms with E-state index >= 15 is 0 Å². The largest absolute Gasteiger partial charge is 0.378 e. The van der Waals surface area contributed by atoms with Gasteiger partial charge in [0.2, 0.25) is 0 Å². The summed E-state index contributed by atoms with van der Waals surface area (Å²) in [6, 6.07) is 3.61. The van der Waals surface area contributed by atoms with E-state index in [-0.39, 0.29) is 5.91 Å². The number of nitrogens with zero attached hydrogens (tertiary/aromatic N) is 3. The van der Waals surface area contributed by atoms with Crippen LogP contribution in [-0.2, 0) is 9.53 Å². The molecule has 0 radical (unpaired) electrons. The normalized spacial score (nSPS) is 29.8. The lowest BCUT2D eigenvalue weighted by Gasteiger charge is -2.33. The fraction of sp³-hybridized carbons (Fsp3) is 0.611. The van der Waals surface area contributed by atoms with Crippen LogP contribution in [0.5, 0.6) is 0 Å². The summed E-state index contributed by atoms with van der Waals surface area (Å²) in [6.45, 7) is 5.43. The van der Waals surface area contributed by atoms with Crippen molar-refractivity contribution in [1.29, 1.82) is 0 Å². The van der Waals surface area contributed by atoms with Crippen molar-refractivity contribution in [2.24, 2.45) is 11.0 Å². The highest BCUT2D eigenvalue weighted by Crippen LogP contribution is 2.36. The first kappa shape index (κ1) is 17.5. The Morgan fingerprint density at radius 1 is 1.27 bits per heavy atom. The third kappa shape index (κ3) is 3.23. The summed E-state index contributed by atoms with van der Waals surface area (Å²) in [5, 5.41) is 9.25. The van der Waals surface area contributed by atoms with Crippen LogP contribution in [0.15, 0.2) is 17.2 Å². The number of urea groups is 1. The van der Waals surface area contributed by atoms with E-state index < -0.39 is 11.6 Å². The number of morpholine rings is 1. The summed E-state index contributed by atoms with van der Waals surface area (Å²) in [4.78, 5) is 28.3. The number of hydrogen-bond donors (Lipinski definition) is 1. The van der Waals surface area contributed by atoms with Crippen molar-refractivity contribution in [1.82, 2.24) is 10.3 Å². The van der Waals surface area contributed by atoms with Crippen molar-refractivity contribution in [2.45, 2.75) is 38.1 Å². The molecule has 1 N–H and O–H groups in total. The van der Waals surface area contributed by atoms with Gasteiger partial charge in [0.25, 0.3) is 5.91 Å². The molecule has 3 amide bonds. The molecular formula is C18H24N4O3S. The van der Waals surface area contributed by atoms with Gasteiger partial charge in [-0.1, -0.05) is 6.92 Å². The van der Waals surface area contributed by atoms with Gasteiger partial charge in [0.1, 0.15) is 5.54 Å². The van der Waals surface area contributed by atoms with Crippen LogP contribution in [0.3, 0.4) is 0 Å². The van der Waals surface area contributed by atoms with Gasteiger partial charge in [0, 0.05) is 18.0 Å². The molecule has 4 rings (SSSR count). The maximum absolute atomic E-state index is 12.8. The lowest BCUT2D eigenvalue weighted by Crippen LogP contribution is -2.49. The summed E-state index contributed by atoms with van der Waals surface area (Å²) in [7, 11) is 0. The molecule has 7 nitrogen and oxygen atoms in total. The van der Waals surface area contributed by atoms with Crippen LogP contribution in [0.25, 0.3) is 0 Å². The number of imide groups is 1. The third-order valence-electron chi connectivity index (χ3n) is 5.50. The molecule has 0 atom stereocenters. The van der Waals surface area contributed by atoms with E-state index in [2.05, 4.69) is 22.2 Å². The first-order valence-corrected chi connectivity index (χ1v) is 10.0. The second-order valence-corrected chi connectivity index (χ2v) is 8.43. The summed E-state index contributed by atoms with van der Waals surface area (Å²) in [5.41, 5.74) is -0.741. The molecular weight excluding hydrogens is 352 g/mol. The number of nitrogens with one attached hydrogen (secondary N) is 1. The fourth-order valence-electron chi connectivity index (χ4n) is 3.78. The van der Waals surface area contributed by atoms with E-state index in [1.165, 1.54) is 0 Å². The minimum atomic E-state index is -0.741. The number of hydrazone groups is 1. The maximum atomic E-state index is 12.8. The van der Waals surface area contributed by atoms with Crippen LogP contribution in [-0.4, -0.2) is 55.0 Å². The molecule has 140 valence electrons. The van der Waals surface area contributed by atoms with E-state index in [9.17, 15) is 9.59 Å². The van der Waals surface area contributed by atoms with Gasteiger partial charge in [-0.25, -0.2) is 4.79 Å². The van der Waals surface area contributed by atoms with Gasteiger partial charge < -0.3 is 15.0 Å². The fourth-order valence-corrected chi connectivity index (χ4v) is 4.71. The molecule has 0 aromatic carbocycles. The van der Waals surface area contributed by atoms with Crippen molar-refractivity contribution in [2.75, 3.05) is 31.2 Å². The minimum Gasteiger partial charge on any atom is -0.378 e. The van der Waals surface area contributed by atoms with Crippen LogP contribution >= 0.6 is 11.3 Å². The molecule has 1 aliphatic carbocycles. The third-order valence-corrected chi connectivity index (χ3v) is 6.58. The van der Waals surface area contributed by atoms with Crippen LogP contribution < -0.4 is 10.2 Å². The topological polar surface area (TPSA) is 74.2 Å².